The summed E-state index contributed by atoms with van der Waals surface area (Å²) in [6, 6.07) is 5.19. The summed E-state index contributed by atoms with van der Waals surface area (Å²) in [6.45, 7) is 14.8. The van der Waals surface area contributed by atoms with Crippen molar-refractivity contribution in [3.05, 3.63) is 35.4 Å². The van der Waals surface area contributed by atoms with Crippen LogP contribution < -0.4 is 10.6 Å². The molecule has 0 saturated heterocycles. The number of likely N-dealkylation sites (N-methyl/N-ethyl adjacent to an activating group) is 1. The SMILES string of the molecule is C#Cc1ccccc1C(C(=O)NC(C)(C)C)N(C)C(=O)C(CC(C)C)NC(=O)OC(C)(C)C. The zero-order chi connectivity index (χ0) is 25.6. The number of nitrogens with one attached hydrogen (secondary N) is 2. The minimum Gasteiger partial charge on any atom is -0.444 e. The molecule has 0 aliphatic heterocycles. The molecule has 0 aliphatic carbocycles. The molecule has 2 unspecified atom stereocenters. The molecule has 0 fully saturated rings. The first kappa shape index (κ1) is 28.0. The maximum absolute atomic E-state index is 13.6. The highest BCUT2D eigenvalue weighted by atomic mass is 16.6. The number of hydrogen-bond acceptors (Lipinski definition) is 4. The first-order valence-electron chi connectivity index (χ1n) is 11.2. The van der Waals surface area contributed by atoms with Gasteiger partial charge in [0.05, 0.1) is 0 Å². The van der Waals surface area contributed by atoms with Crippen LogP contribution in [0.1, 0.15) is 79.0 Å². The summed E-state index contributed by atoms with van der Waals surface area (Å²) in [5.74, 6) is 1.95. The van der Waals surface area contributed by atoms with Gasteiger partial charge in [-0.25, -0.2) is 4.79 Å². The first-order chi connectivity index (χ1) is 15.1. The highest BCUT2D eigenvalue weighted by molar-refractivity contribution is 5.92. The van der Waals surface area contributed by atoms with Gasteiger partial charge in [-0.15, -0.1) is 6.42 Å². The second kappa shape index (κ2) is 11.2. The Balaban J connectivity index is 3.37. The Morgan fingerprint density at radius 3 is 2.15 bits per heavy atom. The van der Waals surface area contributed by atoms with E-state index in [0.717, 1.165) is 0 Å². The van der Waals surface area contributed by atoms with E-state index < -0.39 is 35.2 Å². The summed E-state index contributed by atoms with van der Waals surface area (Å²) in [4.78, 5) is 40.7. The van der Waals surface area contributed by atoms with E-state index in [2.05, 4.69) is 16.6 Å². The van der Waals surface area contributed by atoms with E-state index in [1.807, 2.05) is 34.6 Å². The second-order valence-electron chi connectivity index (χ2n) is 10.7. The van der Waals surface area contributed by atoms with E-state index >= 15 is 0 Å². The predicted octanol–water partition coefficient (Wildman–Crippen LogP) is 4.02. The van der Waals surface area contributed by atoms with E-state index in [9.17, 15) is 14.4 Å². The van der Waals surface area contributed by atoms with Crippen LogP contribution in [-0.2, 0) is 14.3 Å². The Morgan fingerprint density at radius 2 is 1.67 bits per heavy atom. The molecule has 0 radical (unpaired) electrons. The molecule has 7 heteroatoms. The van der Waals surface area contributed by atoms with E-state index in [1.165, 1.54) is 4.90 Å². The molecular formula is C26H39N3O4. The summed E-state index contributed by atoms with van der Waals surface area (Å²) in [6.07, 6.45) is 5.38. The Bertz CT molecular complexity index is 888. The van der Waals surface area contributed by atoms with Crippen LogP contribution in [-0.4, -0.2) is 47.0 Å². The van der Waals surface area contributed by atoms with Gasteiger partial charge < -0.3 is 20.3 Å². The van der Waals surface area contributed by atoms with E-state index in [-0.39, 0.29) is 11.8 Å². The van der Waals surface area contributed by atoms with Crippen molar-refractivity contribution in [1.82, 2.24) is 15.5 Å². The van der Waals surface area contributed by atoms with Crippen LogP contribution in [0.3, 0.4) is 0 Å². The molecule has 7 nitrogen and oxygen atoms in total. The summed E-state index contributed by atoms with van der Waals surface area (Å²) >= 11 is 0. The van der Waals surface area contributed by atoms with Gasteiger partial charge in [0, 0.05) is 18.2 Å². The van der Waals surface area contributed by atoms with Crippen LogP contribution in [0.4, 0.5) is 4.79 Å². The number of carbonyl (C=O) groups is 3. The lowest BCUT2D eigenvalue weighted by Gasteiger charge is -2.34. The molecule has 182 valence electrons. The largest absolute Gasteiger partial charge is 0.444 e. The number of hydrogen-bond donors (Lipinski definition) is 2. The number of ether oxygens (including phenoxy) is 1. The fraction of sp³-hybridized carbons (Fsp3) is 0.577. The third-order valence-corrected chi connectivity index (χ3v) is 4.59. The number of nitrogens with zero attached hydrogens (tertiary/aromatic N) is 1. The number of alkyl carbamates (subject to hydrolysis) is 1. The summed E-state index contributed by atoms with van der Waals surface area (Å²) in [5.41, 5.74) is -0.163. The highest BCUT2D eigenvalue weighted by Crippen LogP contribution is 2.26. The van der Waals surface area contributed by atoms with Crippen molar-refractivity contribution >= 4 is 17.9 Å². The summed E-state index contributed by atoms with van der Waals surface area (Å²) < 4.78 is 5.35. The number of carbonyl (C=O) groups excluding carboxylic acids is 3. The maximum Gasteiger partial charge on any atom is 0.408 e. The van der Waals surface area contributed by atoms with Crippen LogP contribution in [0.5, 0.6) is 0 Å². The Labute approximate surface area is 198 Å². The standard InChI is InChI=1S/C26H39N3O4/c1-11-18-14-12-13-15-19(18)21(22(30)28-25(4,5)6)29(10)23(31)20(16-17(2)3)27-24(32)33-26(7,8)9/h1,12-15,17,20-21H,16H2,2-10H3,(H,27,32)(H,28,30). The van der Waals surface area contributed by atoms with Gasteiger partial charge >= 0.3 is 6.09 Å². The van der Waals surface area contributed by atoms with Crippen molar-refractivity contribution in [3.63, 3.8) is 0 Å². The molecule has 1 aromatic carbocycles. The van der Waals surface area contributed by atoms with E-state index in [1.54, 1.807) is 52.1 Å². The van der Waals surface area contributed by atoms with Gasteiger partial charge in [0.25, 0.3) is 0 Å². The molecule has 0 bridgehead atoms. The number of rotatable bonds is 7. The monoisotopic (exact) mass is 457 g/mol. The van der Waals surface area contributed by atoms with Crippen molar-refractivity contribution in [3.8, 4) is 12.3 Å². The Morgan fingerprint density at radius 1 is 1.09 bits per heavy atom. The fourth-order valence-electron chi connectivity index (χ4n) is 3.35. The third kappa shape index (κ3) is 9.17. The number of amides is 3. The number of terminal acetylenes is 1. The molecule has 2 N–H and O–H groups in total. The minimum atomic E-state index is -0.973. The molecule has 1 rings (SSSR count). The van der Waals surface area contributed by atoms with Crippen LogP contribution in [0.25, 0.3) is 0 Å². The zero-order valence-electron chi connectivity index (χ0n) is 21.4. The van der Waals surface area contributed by atoms with Gasteiger partial charge in [0.2, 0.25) is 11.8 Å². The van der Waals surface area contributed by atoms with Gasteiger partial charge in [-0.2, -0.15) is 0 Å². The second-order valence-corrected chi connectivity index (χ2v) is 10.7. The molecule has 0 aliphatic rings. The molecule has 1 aromatic rings. The van der Waals surface area contributed by atoms with Crippen molar-refractivity contribution < 1.29 is 19.1 Å². The summed E-state index contributed by atoms with van der Waals surface area (Å²) in [7, 11) is 1.55. The Kier molecular flexibility index (Phi) is 9.53. The van der Waals surface area contributed by atoms with Crippen LogP contribution in [0.2, 0.25) is 0 Å². The Hall–Kier alpha value is -3.01. The quantitative estimate of drug-likeness (QED) is 0.606. The average Bonchev–Trinajstić information content (AvgIpc) is 2.64. The van der Waals surface area contributed by atoms with Crippen LogP contribution >= 0.6 is 0 Å². The topological polar surface area (TPSA) is 87.7 Å². The maximum atomic E-state index is 13.6. The van der Waals surface area contributed by atoms with Crippen molar-refractivity contribution in [2.75, 3.05) is 7.05 Å². The lowest BCUT2D eigenvalue weighted by Crippen LogP contribution is -2.53. The van der Waals surface area contributed by atoms with Crippen molar-refractivity contribution in [2.24, 2.45) is 5.92 Å². The molecule has 2 atom stereocenters. The van der Waals surface area contributed by atoms with Gasteiger partial charge in [-0.05, 0) is 65.5 Å². The van der Waals surface area contributed by atoms with Gasteiger partial charge in [-0.3, -0.25) is 9.59 Å². The average molecular weight is 458 g/mol. The zero-order valence-corrected chi connectivity index (χ0v) is 21.4. The minimum absolute atomic E-state index is 0.113. The number of benzene rings is 1. The fourth-order valence-corrected chi connectivity index (χ4v) is 3.35. The third-order valence-electron chi connectivity index (χ3n) is 4.59. The molecule has 33 heavy (non-hydrogen) atoms. The van der Waals surface area contributed by atoms with Gasteiger partial charge in [-0.1, -0.05) is 38.0 Å². The van der Waals surface area contributed by atoms with Crippen LogP contribution in [0, 0.1) is 18.3 Å². The molecule has 0 spiro atoms. The first-order valence-corrected chi connectivity index (χ1v) is 11.2. The predicted molar refractivity (Wildman–Crippen MR) is 130 cm³/mol. The normalized spacial score (nSPS) is 13.5. The summed E-state index contributed by atoms with van der Waals surface area (Å²) in [5, 5.41) is 5.63. The van der Waals surface area contributed by atoms with E-state index in [4.69, 9.17) is 11.2 Å². The smallest absolute Gasteiger partial charge is 0.408 e. The highest BCUT2D eigenvalue weighted by Gasteiger charge is 2.36. The van der Waals surface area contributed by atoms with Gasteiger partial charge in [0.1, 0.15) is 17.7 Å². The molecule has 0 heterocycles. The van der Waals surface area contributed by atoms with Crippen molar-refractivity contribution in [2.45, 2.75) is 85.0 Å². The lowest BCUT2D eigenvalue weighted by molar-refractivity contribution is -0.141. The molecular weight excluding hydrogens is 418 g/mol. The molecule has 0 aromatic heterocycles. The molecule has 0 saturated carbocycles. The van der Waals surface area contributed by atoms with Crippen molar-refractivity contribution in [1.29, 1.82) is 0 Å². The van der Waals surface area contributed by atoms with E-state index in [0.29, 0.717) is 17.5 Å². The van der Waals surface area contributed by atoms with Gasteiger partial charge in [0.15, 0.2) is 0 Å². The lowest BCUT2D eigenvalue weighted by atomic mass is 9.96. The molecule has 3 amide bonds. The van der Waals surface area contributed by atoms with Crippen LogP contribution in [0.15, 0.2) is 24.3 Å².